The summed E-state index contributed by atoms with van der Waals surface area (Å²) in [5, 5.41) is 3.07. The molecule has 106 valence electrons. The molecule has 0 radical (unpaired) electrons. The van der Waals surface area contributed by atoms with Crippen molar-refractivity contribution in [1.29, 1.82) is 0 Å². The summed E-state index contributed by atoms with van der Waals surface area (Å²) in [5.41, 5.74) is -3.44. The highest BCUT2D eigenvalue weighted by atomic mass is 32.2. The van der Waals surface area contributed by atoms with Crippen LogP contribution in [0.5, 0.6) is 0 Å². The standard InChI is InChI=1S/C13H15F4NS/c14-12-4-2-1-3-11(12)9-7-10(8-9)18-5-6-19-13(15,16)17/h1-4,9-10,18H,5-8H2. The van der Waals surface area contributed by atoms with Crippen molar-refractivity contribution in [3.05, 3.63) is 35.6 Å². The summed E-state index contributed by atoms with van der Waals surface area (Å²) in [6.45, 7) is 0.332. The van der Waals surface area contributed by atoms with Gasteiger partial charge in [-0.15, -0.1) is 0 Å². The lowest BCUT2D eigenvalue weighted by Crippen LogP contribution is -2.41. The summed E-state index contributed by atoms with van der Waals surface area (Å²) in [4.78, 5) is 0. The lowest BCUT2D eigenvalue weighted by Gasteiger charge is -2.36. The van der Waals surface area contributed by atoms with Gasteiger partial charge in [0.2, 0.25) is 0 Å². The van der Waals surface area contributed by atoms with E-state index in [1.54, 1.807) is 18.2 Å². The van der Waals surface area contributed by atoms with Crippen LogP contribution in [0.1, 0.15) is 24.3 Å². The molecule has 0 spiro atoms. The minimum Gasteiger partial charge on any atom is -0.313 e. The van der Waals surface area contributed by atoms with E-state index >= 15 is 0 Å². The van der Waals surface area contributed by atoms with Gasteiger partial charge in [-0.3, -0.25) is 0 Å². The van der Waals surface area contributed by atoms with Crippen LogP contribution in [-0.4, -0.2) is 23.8 Å². The maximum Gasteiger partial charge on any atom is 0.441 e. The van der Waals surface area contributed by atoms with E-state index in [-0.39, 0.29) is 35.3 Å². The smallest absolute Gasteiger partial charge is 0.313 e. The fourth-order valence-electron chi connectivity index (χ4n) is 2.27. The van der Waals surface area contributed by atoms with E-state index in [0.29, 0.717) is 12.1 Å². The second-order valence-electron chi connectivity index (χ2n) is 4.64. The predicted molar refractivity (Wildman–Crippen MR) is 68.7 cm³/mol. The van der Waals surface area contributed by atoms with Gasteiger partial charge < -0.3 is 5.32 Å². The van der Waals surface area contributed by atoms with E-state index < -0.39 is 5.51 Å². The Labute approximate surface area is 113 Å². The van der Waals surface area contributed by atoms with Gasteiger partial charge in [-0.25, -0.2) is 4.39 Å². The SMILES string of the molecule is Fc1ccccc1C1CC(NCCSC(F)(F)F)C1. The molecule has 1 aromatic carbocycles. The third-order valence-electron chi connectivity index (χ3n) is 3.28. The molecular weight excluding hydrogens is 278 g/mol. The number of hydrogen-bond acceptors (Lipinski definition) is 2. The molecule has 1 aliphatic rings. The summed E-state index contributed by atoms with van der Waals surface area (Å²) in [6, 6.07) is 6.88. The lowest BCUT2D eigenvalue weighted by molar-refractivity contribution is -0.0327. The molecule has 1 N–H and O–H groups in total. The van der Waals surface area contributed by atoms with Gasteiger partial charge in [0.1, 0.15) is 5.82 Å². The fraction of sp³-hybridized carbons (Fsp3) is 0.538. The Balaban J connectivity index is 1.66. The maximum atomic E-state index is 13.5. The van der Waals surface area contributed by atoms with Crippen LogP contribution < -0.4 is 5.32 Å². The molecule has 0 atom stereocenters. The molecule has 0 aliphatic heterocycles. The molecule has 0 amide bonds. The second-order valence-corrected chi connectivity index (χ2v) is 5.79. The number of benzene rings is 1. The van der Waals surface area contributed by atoms with Crippen LogP contribution in [-0.2, 0) is 0 Å². The number of halogens is 4. The number of rotatable bonds is 5. The molecule has 0 unspecified atom stereocenters. The van der Waals surface area contributed by atoms with Crippen molar-refractivity contribution >= 4 is 11.8 Å². The first kappa shape index (κ1) is 14.7. The first-order valence-corrected chi connectivity index (χ1v) is 7.13. The number of nitrogens with one attached hydrogen (secondary N) is 1. The Kier molecular flexibility index (Phi) is 4.73. The quantitative estimate of drug-likeness (QED) is 0.652. The Morgan fingerprint density at radius 2 is 1.89 bits per heavy atom. The van der Waals surface area contributed by atoms with Gasteiger partial charge >= 0.3 is 5.51 Å². The monoisotopic (exact) mass is 293 g/mol. The molecule has 1 aliphatic carbocycles. The van der Waals surface area contributed by atoms with Crippen LogP contribution in [0.2, 0.25) is 0 Å². The molecule has 19 heavy (non-hydrogen) atoms. The Morgan fingerprint density at radius 1 is 1.21 bits per heavy atom. The number of thioether (sulfide) groups is 1. The predicted octanol–water partition coefficient (Wildman–Crippen LogP) is 3.91. The maximum absolute atomic E-state index is 13.5. The Morgan fingerprint density at radius 3 is 2.53 bits per heavy atom. The molecule has 0 aromatic heterocycles. The third kappa shape index (κ3) is 4.38. The van der Waals surface area contributed by atoms with Crippen molar-refractivity contribution in [2.45, 2.75) is 30.3 Å². The van der Waals surface area contributed by atoms with Crippen LogP contribution in [0.4, 0.5) is 17.6 Å². The van der Waals surface area contributed by atoms with E-state index in [1.807, 2.05) is 0 Å². The highest BCUT2D eigenvalue weighted by molar-refractivity contribution is 8.00. The summed E-state index contributed by atoms with van der Waals surface area (Å²) in [6.07, 6.45) is 1.58. The van der Waals surface area contributed by atoms with E-state index in [4.69, 9.17) is 0 Å². The van der Waals surface area contributed by atoms with Gasteiger partial charge in [0.05, 0.1) is 0 Å². The number of hydrogen-bond donors (Lipinski definition) is 1. The van der Waals surface area contributed by atoms with Gasteiger partial charge in [-0.1, -0.05) is 18.2 Å². The van der Waals surface area contributed by atoms with Crippen LogP contribution in [0, 0.1) is 5.82 Å². The topological polar surface area (TPSA) is 12.0 Å². The van der Waals surface area contributed by atoms with Crippen LogP contribution >= 0.6 is 11.8 Å². The molecule has 0 saturated heterocycles. The zero-order chi connectivity index (χ0) is 13.9. The van der Waals surface area contributed by atoms with E-state index in [9.17, 15) is 17.6 Å². The van der Waals surface area contributed by atoms with E-state index in [0.717, 1.165) is 12.8 Å². The van der Waals surface area contributed by atoms with Gasteiger partial charge in [-0.2, -0.15) is 13.2 Å². The average Bonchev–Trinajstić information content (AvgIpc) is 2.27. The summed E-state index contributed by atoms with van der Waals surface area (Å²) < 4.78 is 49.2. The molecular formula is C13H15F4NS. The van der Waals surface area contributed by atoms with Gasteiger partial charge in [0, 0.05) is 18.3 Å². The lowest BCUT2D eigenvalue weighted by atomic mass is 9.75. The molecule has 1 aromatic rings. The molecule has 0 heterocycles. The second kappa shape index (κ2) is 6.13. The summed E-state index contributed by atoms with van der Waals surface area (Å²) in [7, 11) is 0. The van der Waals surface area contributed by atoms with Crippen molar-refractivity contribution in [2.75, 3.05) is 12.3 Å². The Hall–Kier alpha value is -0.750. The van der Waals surface area contributed by atoms with E-state index in [1.165, 1.54) is 6.07 Å². The fourth-order valence-corrected chi connectivity index (χ4v) is 2.73. The van der Waals surface area contributed by atoms with Crippen molar-refractivity contribution in [3.8, 4) is 0 Å². The molecule has 6 heteroatoms. The van der Waals surface area contributed by atoms with Gasteiger partial charge in [-0.05, 0) is 42.2 Å². The van der Waals surface area contributed by atoms with Crippen molar-refractivity contribution in [1.82, 2.24) is 5.32 Å². The average molecular weight is 293 g/mol. The zero-order valence-electron chi connectivity index (χ0n) is 10.2. The first-order chi connectivity index (χ1) is 8.96. The molecule has 1 nitrogen and oxygen atoms in total. The minimum atomic E-state index is -4.16. The molecule has 1 saturated carbocycles. The largest absolute Gasteiger partial charge is 0.441 e. The highest BCUT2D eigenvalue weighted by Crippen LogP contribution is 2.38. The van der Waals surface area contributed by atoms with Crippen LogP contribution in [0.3, 0.4) is 0 Å². The normalized spacial score (nSPS) is 23.2. The van der Waals surface area contributed by atoms with Crippen LogP contribution in [0.15, 0.2) is 24.3 Å². The summed E-state index contributed by atoms with van der Waals surface area (Å²) >= 11 is -0.0127. The molecule has 1 fully saturated rings. The highest BCUT2D eigenvalue weighted by Gasteiger charge is 2.32. The minimum absolute atomic E-state index is 0.0127. The van der Waals surface area contributed by atoms with Crippen molar-refractivity contribution < 1.29 is 17.6 Å². The zero-order valence-corrected chi connectivity index (χ0v) is 11.0. The Bertz CT molecular complexity index is 415. The molecule has 2 rings (SSSR count). The number of alkyl halides is 3. The van der Waals surface area contributed by atoms with Crippen molar-refractivity contribution in [3.63, 3.8) is 0 Å². The first-order valence-electron chi connectivity index (χ1n) is 6.14. The van der Waals surface area contributed by atoms with Crippen LogP contribution in [0.25, 0.3) is 0 Å². The van der Waals surface area contributed by atoms with Crippen molar-refractivity contribution in [2.24, 2.45) is 0 Å². The van der Waals surface area contributed by atoms with Gasteiger partial charge in [0.15, 0.2) is 0 Å². The van der Waals surface area contributed by atoms with E-state index in [2.05, 4.69) is 5.32 Å². The van der Waals surface area contributed by atoms with Gasteiger partial charge in [0.25, 0.3) is 0 Å². The summed E-state index contributed by atoms with van der Waals surface area (Å²) in [5.74, 6) is 0.0113. The molecule has 0 bridgehead atoms. The third-order valence-corrected chi connectivity index (χ3v) is 4.02.